The fraction of sp³-hybridized carbons (Fsp3) is 1.00. The first-order chi connectivity index (χ1) is 3.73. The van der Waals surface area contributed by atoms with E-state index in [4.69, 9.17) is 19.2 Å². The number of hydrogen-bond donors (Lipinski definition) is 2. The molecule has 0 aliphatic rings. The summed E-state index contributed by atoms with van der Waals surface area (Å²) < 4.78 is 8.77. The number of hydrogen-bond acceptors (Lipinski definition) is 3. The molecular formula is C3H11NO4P-. The fourth-order valence-electron chi connectivity index (χ4n) is 0. The first-order valence-electron chi connectivity index (χ1n) is 2.11. The molecule has 58 valence electrons. The van der Waals surface area contributed by atoms with Gasteiger partial charge in [-0.1, -0.05) is 0 Å². The molecule has 0 fully saturated rings. The molecule has 0 heterocycles. The van der Waals surface area contributed by atoms with Gasteiger partial charge in [-0.25, -0.2) is 0 Å². The van der Waals surface area contributed by atoms with Crippen LogP contribution in [-0.2, 0) is 4.57 Å². The minimum absolute atomic E-state index is 2.00. The molecule has 0 spiro atoms. The molecule has 5 nitrogen and oxygen atoms in total. The second kappa shape index (κ2) is 4.90. The lowest BCUT2D eigenvalue weighted by Gasteiger charge is -2.01. The van der Waals surface area contributed by atoms with Crippen molar-refractivity contribution in [2.75, 3.05) is 21.1 Å². The van der Waals surface area contributed by atoms with Gasteiger partial charge in [0.25, 0.3) is 7.82 Å². The summed E-state index contributed by atoms with van der Waals surface area (Å²) in [6.45, 7) is 0. The molecule has 0 aromatic carbocycles. The first kappa shape index (κ1) is 11.8. The van der Waals surface area contributed by atoms with Crippen molar-refractivity contribution < 1.29 is 19.2 Å². The van der Waals surface area contributed by atoms with Gasteiger partial charge in [0.15, 0.2) is 0 Å². The average molecular weight is 156 g/mol. The lowest BCUT2D eigenvalue weighted by molar-refractivity contribution is -0.214. The minimum Gasteiger partial charge on any atom is -0.756 e. The molecule has 9 heavy (non-hydrogen) atoms. The Balaban J connectivity index is 0. The highest BCUT2D eigenvalue weighted by Crippen LogP contribution is 2.18. The molecule has 0 atom stereocenters. The Hall–Kier alpha value is 0.0700. The molecule has 0 radical (unpaired) electrons. The Kier molecular flexibility index (Phi) is 6.44. The van der Waals surface area contributed by atoms with Gasteiger partial charge in [-0.05, 0) is 21.1 Å². The van der Waals surface area contributed by atoms with E-state index in [1.165, 1.54) is 0 Å². The summed E-state index contributed by atoms with van der Waals surface area (Å²) in [7, 11) is 1.11. The summed E-state index contributed by atoms with van der Waals surface area (Å²) in [6.07, 6.45) is 0. The monoisotopic (exact) mass is 156 g/mol. The van der Waals surface area contributed by atoms with Gasteiger partial charge in [-0.3, -0.25) is 4.57 Å². The van der Waals surface area contributed by atoms with Gasteiger partial charge >= 0.3 is 0 Å². The predicted octanol–water partition coefficient (Wildman–Crippen LogP) is -1.38. The zero-order chi connectivity index (χ0) is 8.08. The molecule has 2 N–H and O–H groups in total. The summed E-state index contributed by atoms with van der Waals surface area (Å²) in [5.74, 6) is 0. The quantitative estimate of drug-likeness (QED) is 0.422. The lowest BCUT2D eigenvalue weighted by Crippen LogP contribution is -1.99. The average Bonchev–Trinajstić information content (AvgIpc) is 1.19. The molecule has 0 unspecified atom stereocenters. The van der Waals surface area contributed by atoms with Crippen LogP contribution in [0.4, 0.5) is 0 Å². The summed E-state index contributed by atoms with van der Waals surface area (Å²) in [6, 6.07) is 0. The Morgan fingerprint density at radius 2 is 1.33 bits per heavy atom. The maximum atomic E-state index is 8.77. The van der Waals surface area contributed by atoms with Crippen LogP contribution < -0.4 is 4.89 Å². The number of nitrogens with zero attached hydrogens (tertiary/aromatic N) is 1. The standard InChI is InChI=1S/C3H9N.H3O4P/c1-4(2)3;1-5(2,3)4/h1-3H3;(H3,1,2,3,4)/p-1. The molecule has 0 aromatic rings. The normalized spacial score (nSPS) is 10.6. The van der Waals surface area contributed by atoms with E-state index in [1.807, 2.05) is 26.0 Å². The van der Waals surface area contributed by atoms with Crippen LogP contribution in [-0.4, -0.2) is 35.8 Å². The van der Waals surface area contributed by atoms with Crippen molar-refractivity contribution in [2.24, 2.45) is 0 Å². The van der Waals surface area contributed by atoms with Crippen LogP contribution in [0, 0.1) is 0 Å². The molecule has 0 amide bonds. The lowest BCUT2D eigenvalue weighted by atomic mass is 11.0. The highest BCUT2D eigenvalue weighted by molar-refractivity contribution is 7.43. The van der Waals surface area contributed by atoms with Crippen molar-refractivity contribution in [1.29, 1.82) is 0 Å². The number of phosphoric acid groups is 1. The summed E-state index contributed by atoms with van der Waals surface area (Å²) >= 11 is 0. The molecule has 0 rings (SSSR count). The topological polar surface area (TPSA) is 83.8 Å². The highest BCUT2D eigenvalue weighted by Gasteiger charge is 1.82. The second-order valence-electron chi connectivity index (χ2n) is 1.83. The van der Waals surface area contributed by atoms with E-state index in [0.29, 0.717) is 0 Å². The van der Waals surface area contributed by atoms with Crippen LogP contribution in [0.3, 0.4) is 0 Å². The smallest absolute Gasteiger partial charge is 0.262 e. The SMILES string of the molecule is CN(C)C.O=P([O-])(O)O. The zero-order valence-corrected chi connectivity index (χ0v) is 6.50. The van der Waals surface area contributed by atoms with Crippen LogP contribution in [0.1, 0.15) is 0 Å². The Labute approximate surface area is 54.2 Å². The van der Waals surface area contributed by atoms with Gasteiger partial charge in [0.2, 0.25) is 0 Å². The van der Waals surface area contributed by atoms with Crippen molar-refractivity contribution in [3.05, 3.63) is 0 Å². The third-order valence-electron chi connectivity index (χ3n) is 0. The van der Waals surface area contributed by atoms with Crippen LogP contribution >= 0.6 is 7.82 Å². The summed E-state index contributed by atoms with van der Waals surface area (Å²) in [5, 5.41) is 0. The van der Waals surface area contributed by atoms with Crippen molar-refractivity contribution in [1.82, 2.24) is 4.90 Å². The van der Waals surface area contributed by atoms with Gasteiger partial charge in [0.1, 0.15) is 0 Å². The molecule has 0 aliphatic carbocycles. The van der Waals surface area contributed by atoms with E-state index in [1.54, 1.807) is 0 Å². The molecule has 0 saturated heterocycles. The third kappa shape index (κ3) is 60700. The van der Waals surface area contributed by atoms with E-state index >= 15 is 0 Å². The van der Waals surface area contributed by atoms with E-state index in [2.05, 4.69) is 0 Å². The molecule has 0 saturated carbocycles. The predicted molar refractivity (Wildman–Crippen MR) is 31.7 cm³/mol. The van der Waals surface area contributed by atoms with Crippen LogP contribution in [0.2, 0.25) is 0 Å². The highest BCUT2D eigenvalue weighted by atomic mass is 31.2. The van der Waals surface area contributed by atoms with E-state index in [9.17, 15) is 0 Å². The largest absolute Gasteiger partial charge is 0.756 e. The van der Waals surface area contributed by atoms with Crippen molar-refractivity contribution >= 4 is 7.82 Å². The Morgan fingerprint density at radius 1 is 1.33 bits per heavy atom. The third-order valence-corrected chi connectivity index (χ3v) is 0. The van der Waals surface area contributed by atoms with Crippen LogP contribution in [0.5, 0.6) is 0 Å². The van der Waals surface area contributed by atoms with Gasteiger partial charge < -0.3 is 19.6 Å². The Bertz CT molecular complexity index is 87.0. The van der Waals surface area contributed by atoms with Crippen LogP contribution in [0.25, 0.3) is 0 Å². The summed E-state index contributed by atoms with van der Waals surface area (Å²) in [5.41, 5.74) is 0. The number of rotatable bonds is 0. The van der Waals surface area contributed by atoms with Gasteiger partial charge in [-0.15, -0.1) is 0 Å². The zero-order valence-electron chi connectivity index (χ0n) is 5.61. The molecule has 0 aliphatic heterocycles. The van der Waals surface area contributed by atoms with E-state index in [-0.39, 0.29) is 0 Å². The summed E-state index contributed by atoms with van der Waals surface area (Å²) in [4.78, 5) is 24.9. The van der Waals surface area contributed by atoms with E-state index in [0.717, 1.165) is 0 Å². The Morgan fingerprint density at radius 3 is 1.33 bits per heavy atom. The maximum Gasteiger partial charge on any atom is 0.262 e. The van der Waals surface area contributed by atoms with Gasteiger partial charge in [0, 0.05) is 0 Å². The van der Waals surface area contributed by atoms with Crippen molar-refractivity contribution in [3.8, 4) is 0 Å². The van der Waals surface area contributed by atoms with E-state index < -0.39 is 7.82 Å². The molecule has 0 bridgehead atoms. The molecule has 0 aromatic heterocycles. The van der Waals surface area contributed by atoms with Gasteiger partial charge in [0.05, 0.1) is 0 Å². The van der Waals surface area contributed by atoms with Crippen LogP contribution in [0.15, 0.2) is 0 Å². The van der Waals surface area contributed by atoms with Crippen molar-refractivity contribution in [3.63, 3.8) is 0 Å². The van der Waals surface area contributed by atoms with Gasteiger partial charge in [-0.2, -0.15) is 0 Å². The molecule has 6 heteroatoms. The molecular weight excluding hydrogens is 145 g/mol. The maximum absolute atomic E-state index is 8.77. The first-order valence-corrected chi connectivity index (χ1v) is 3.64. The fourth-order valence-corrected chi connectivity index (χ4v) is 0. The minimum atomic E-state index is -4.89. The second-order valence-corrected chi connectivity index (χ2v) is 2.81. The van der Waals surface area contributed by atoms with Crippen molar-refractivity contribution in [2.45, 2.75) is 0 Å².